The average Bonchev–Trinajstić information content (AvgIpc) is 3.81. The summed E-state index contributed by atoms with van der Waals surface area (Å²) in [4.78, 5) is 49.5. The van der Waals surface area contributed by atoms with Gasteiger partial charge in [-0.3, -0.25) is 14.4 Å². The van der Waals surface area contributed by atoms with Crippen LogP contribution in [0.15, 0.2) is 116 Å². The molecule has 0 unspecified atom stereocenters. The zero-order valence-corrected chi connectivity index (χ0v) is 33.5. The van der Waals surface area contributed by atoms with Crippen molar-refractivity contribution in [3.8, 4) is 5.75 Å². The average molecular weight is 771 g/mol. The van der Waals surface area contributed by atoms with Gasteiger partial charge in [0.15, 0.2) is 5.60 Å². The number of aromatic amines is 1. The predicted octanol–water partition coefficient (Wildman–Crippen LogP) is 6.52. The number of benzene rings is 4. The Bertz CT molecular complexity index is 2240. The Morgan fingerprint density at radius 1 is 1.05 bits per heavy atom. The van der Waals surface area contributed by atoms with E-state index in [4.69, 9.17) is 9.47 Å². The molecule has 0 bridgehead atoms. The molecule has 3 N–H and O–H groups in total. The number of ether oxygens (including phenoxy) is 2. The molecule has 5 aromatic rings. The minimum atomic E-state index is -2.55. The smallest absolute Gasteiger partial charge is 0.264 e. The molecule has 0 radical (unpaired) electrons. The van der Waals surface area contributed by atoms with E-state index >= 15 is 0 Å². The predicted molar refractivity (Wildman–Crippen MR) is 223 cm³/mol. The lowest BCUT2D eigenvalue weighted by Crippen LogP contribution is -2.52. The molecule has 4 aromatic carbocycles. The SMILES string of the molecule is C=CCN1C(=O)[C@]2(O[C@H](CC(=O)N(CCO)Cc3ccccc3)[C@@H]([Si](C)(C)c3ccc(OC)cc3)[C@@H]2C)c2cc(NC(=O)Cc3c[nH]c4ccccc34)ccc21. The fourth-order valence-corrected chi connectivity index (χ4v) is 13.1. The van der Waals surface area contributed by atoms with Crippen LogP contribution in [-0.2, 0) is 37.7 Å². The third-order valence-electron chi connectivity index (χ3n) is 11.8. The van der Waals surface area contributed by atoms with Crippen molar-refractivity contribution < 1.29 is 29.0 Å². The molecule has 10 nitrogen and oxygen atoms in total. The highest BCUT2D eigenvalue weighted by atomic mass is 28.3. The van der Waals surface area contributed by atoms with Crippen molar-refractivity contribution in [1.82, 2.24) is 9.88 Å². The zero-order chi connectivity index (χ0) is 39.6. The van der Waals surface area contributed by atoms with Crippen LogP contribution in [0.4, 0.5) is 11.4 Å². The van der Waals surface area contributed by atoms with Gasteiger partial charge in [-0.1, -0.05) is 91.9 Å². The Labute approximate surface area is 329 Å². The first-order valence-electron chi connectivity index (χ1n) is 19.2. The normalized spacial score (nSPS) is 20.3. The van der Waals surface area contributed by atoms with Crippen LogP contribution in [0.1, 0.15) is 30.0 Å². The van der Waals surface area contributed by atoms with E-state index in [0.29, 0.717) is 23.5 Å². The molecule has 3 heterocycles. The van der Waals surface area contributed by atoms with Crippen LogP contribution < -0.4 is 20.1 Å². The van der Waals surface area contributed by atoms with E-state index in [1.807, 2.05) is 91.1 Å². The maximum atomic E-state index is 15.0. The standard InChI is InChI=1S/C45H50N4O6Si/c1-6-22-49-39-21-16-33(47-41(51)25-32-28-46-38-15-11-10-14-36(32)38)26-37(39)45(44(49)53)30(2)43(56(4,5)35-19-17-34(54-3)18-20-35)40(55-45)27-42(52)48(23-24-50)29-31-12-8-7-9-13-31/h6-21,26,28,30,40,43,46,50H,1,22-25,27,29H2,2-5H3,(H,47,51)/t30-,40+,43-,45+/m0/s1. The maximum Gasteiger partial charge on any atom is 0.264 e. The van der Waals surface area contributed by atoms with E-state index in [1.54, 1.807) is 23.0 Å². The largest absolute Gasteiger partial charge is 0.497 e. The molecule has 7 rings (SSSR count). The number of carbonyl (C=O) groups excluding carboxylic acids is 3. The van der Waals surface area contributed by atoms with Gasteiger partial charge in [0.1, 0.15) is 5.75 Å². The van der Waals surface area contributed by atoms with Crippen molar-refractivity contribution in [3.05, 3.63) is 133 Å². The maximum absolute atomic E-state index is 15.0. The lowest BCUT2D eigenvalue weighted by atomic mass is 9.82. The molecule has 0 aliphatic carbocycles. The number of nitrogens with zero attached hydrogens (tertiary/aromatic N) is 2. The van der Waals surface area contributed by atoms with Gasteiger partial charge in [-0.2, -0.15) is 0 Å². The van der Waals surface area contributed by atoms with Crippen molar-refractivity contribution in [1.29, 1.82) is 0 Å². The molecule has 4 atom stereocenters. The summed E-state index contributed by atoms with van der Waals surface area (Å²) in [6, 6.07) is 31.2. The van der Waals surface area contributed by atoms with Gasteiger partial charge in [0.25, 0.3) is 5.91 Å². The summed E-state index contributed by atoms with van der Waals surface area (Å²) in [5.41, 5.74) is 3.10. The Kier molecular flexibility index (Phi) is 11.0. The number of hydrogen-bond donors (Lipinski definition) is 3. The van der Waals surface area contributed by atoms with Crippen LogP contribution in [0.3, 0.4) is 0 Å². The van der Waals surface area contributed by atoms with Crippen LogP contribution in [-0.4, -0.2) is 73.7 Å². The molecule has 1 saturated heterocycles. The molecule has 2 aliphatic rings. The van der Waals surface area contributed by atoms with Gasteiger partial charge in [-0.15, -0.1) is 6.58 Å². The molecule has 0 saturated carbocycles. The topological polar surface area (TPSA) is 124 Å². The van der Waals surface area contributed by atoms with Crippen LogP contribution in [0.2, 0.25) is 18.6 Å². The highest BCUT2D eigenvalue weighted by molar-refractivity contribution is 6.91. The molecule has 3 amide bonds. The summed E-state index contributed by atoms with van der Waals surface area (Å²) in [7, 11) is -0.911. The van der Waals surface area contributed by atoms with Crippen molar-refractivity contribution >= 4 is 53.3 Å². The molecule has 290 valence electrons. The number of H-pyrrole nitrogens is 1. The van der Waals surface area contributed by atoms with E-state index in [-0.39, 0.29) is 61.7 Å². The van der Waals surface area contributed by atoms with Crippen molar-refractivity contribution in [3.63, 3.8) is 0 Å². The Morgan fingerprint density at radius 3 is 2.50 bits per heavy atom. The number of para-hydroxylation sites is 1. The van der Waals surface area contributed by atoms with Crippen molar-refractivity contribution in [2.75, 3.05) is 37.0 Å². The summed E-state index contributed by atoms with van der Waals surface area (Å²) in [6.07, 6.45) is 3.13. The van der Waals surface area contributed by atoms with E-state index in [0.717, 1.165) is 33.0 Å². The first kappa shape index (κ1) is 38.8. The number of hydrogen-bond acceptors (Lipinski definition) is 6. The summed E-state index contributed by atoms with van der Waals surface area (Å²) >= 11 is 0. The quantitative estimate of drug-likeness (QED) is 0.0874. The van der Waals surface area contributed by atoms with Gasteiger partial charge in [-0.25, -0.2) is 0 Å². The van der Waals surface area contributed by atoms with E-state index in [9.17, 15) is 19.5 Å². The summed E-state index contributed by atoms with van der Waals surface area (Å²) in [5, 5.41) is 15.2. The highest BCUT2D eigenvalue weighted by Gasteiger charge is 2.66. The molecular formula is C45H50N4O6Si. The molecule has 1 spiro atoms. The number of aliphatic hydroxyl groups is 1. The highest BCUT2D eigenvalue weighted by Crippen LogP contribution is 2.60. The van der Waals surface area contributed by atoms with Crippen LogP contribution in [0.25, 0.3) is 10.9 Å². The van der Waals surface area contributed by atoms with Crippen LogP contribution >= 0.6 is 0 Å². The second-order valence-electron chi connectivity index (χ2n) is 15.4. The number of aromatic nitrogens is 1. The number of rotatable bonds is 14. The monoisotopic (exact) mass is 770 g/mol. The number of amides is 3. The number of fused-ring (bicyclic) bond motifs is 3. The Morgan fingerprint density at radius 2 is 1.79 bits per heavy atom. The molecule has 11 heteroatoms. The van der Waals surface area contributed by atoms with Gasteiger partial charge in [0.05, 0.1) is 46.4 Å². The van der Waals surface area contributed by atoms with E-state index < -0.39 is 19.8 Å². The first-order chi connectivity index (χ1) is 27.0. The third kappa shape index (κ3) is 7.06. The Balaban J connectivity index is 1.27. The van der Waals surface area contributed by atoms with E-state index in [2.05, 4.69) is 49.0 Å². The number of aliphatic hydroxyl groups excluding tert-OH is 1. The van der Waals surface area contributed by atoms with Crippen molar-refractivity contribution in [2.45, 2.75) is 56.7 Å². The number of nitrogens with one attached hydrogen (secondary N) is 2. The van der Waals surface area contributed by atoms with Crippen LogP contribution in [0, 0.1) is 5.92 Å². The van der Waals surface area contributed by atoms with Gasteiger partial charge >= 0.3 is 0 Å². The van der Waals surface area contributed by atoms with Crippen molar-refractivity contribution in [2.24, 2.45) is 5.92 Å². The summed E-state index contributed by atoms with van der Waals surface area (Å²) < 4.78 is 12.7. The second kappa shape index (κ2) is 15.9. The number of carbonyl (C=O) groups is 3. The fourth-order valence-electron chi connectivity index (χ4n) is 9.08. The van der Waals surface area contributed by atoms with E-state index in [1.165, 1.54) is 0 Å². The molecule has 2 aliphatic heterocycles. The van der Waals surface area contributed by atoms with Gasteiger partial charge < -0.3 is 34.7 Å². The van der Waals surface area contributed by atoms with Gasteiger partial charge in [0.2, 0.25) is 11.8 Å². The van der Waals surface area contributed by atoms with Gasteiger partial charge in [0, 0.05) is 53.9 Å². The Hall–Kier alpha value is -5.49. The fraction of sp³-hybridized carbons (Fsp3) is 0.311. The zero-order valence-electron chi connectivity index (χ0n) is 32.5. The minimum absolute atomic E-state index is 0.0291. The molecule has 1 fully saturated rings. The van der Waals surface area contributed by atoms with Gasteiger partial charge in [-0.05, 0) is 53.1 Å². The summed E-state index contributed by atoms with van der Waals surface area (Å²) in [6.45, 7) is 11.2. The molecular weight excluding hydrogens is 721 g/mol. The minimum Gasteiger partial charge on any atom is -0.497 e. The van der Waals surface area contributed by atoms with Crippen LogP contribution in [0.5, 0.6) is 5.75 Å². The molecule has 1 aromatic heterocycles. The summed E-state index contributed by atoms with van der Waals surface area (Å²) in [5.74, 6) is -0.167. The molecule has 56 heavy (non-hydrogen) atoms. The lowest BCUT2D eigenvalue weighted by molar-refractivity contribution is -0.149. The third-order valence-corrected chi connectivity index (χ3v) is 16.1. The second-order valence-corrected chi connectivity index (χ2v) is 20.1. The lowest BCUT2D eigenvalue weighted by Gasteiger charge is -2.37. The number of methoxy groups -OCH3 is 1. The number of anilines is 2. The first-order valence-corrected chi connectivity index (χ1v) is 22.3.